The largest absolute Gasteiger partial charge is 1.00 e. The molecular weight excluding hydrogens is 423 g/mol. The van der Waals surface area contributed by atoms with E-state index in [9.17, 15) is 18.1 Å². The van der Waals surface area contributed by atoms with Crippen LogP contribution < -0.4 is 51.4 Å². The first-order valence-corrected chi connectivity index (χ1v) is 14.0. The summed E-state index contributed by atoms with van der Waals surface area (Å²) in [6, 6.07) is 0. The maximum Gasteiger partial charge on any atom is 1.00 e. The van der Waals surface area contributed by atoms with Crippen LogP contribution in [0, 0.1) is 0 Å². The number of hydrogen-bond donors (Lipinski definition) is 1. The Morgan fingerprint density at radius 1 is 0.600 bits per heavy atom. The van der Waals surface area contributed by atoms with E-state index in [1.165, 1.54) is 83.5 Å². The van der Waals surface area contributed by atoms with Crippen LogP contribution in [-0.4, -0.2) is 29.4 Å². The van der Waals surface area contributed by atoms with E-state index in [0.29, 0.717) is 12.8 Å². The summed E-state index contributed by atoms with van der Waals surface area (Å²) in [7, 11) is -4.41. The maximum atomic E-state index is 11.3. The molecule has 0 amide bonds. The van der Waals surface area contributed by atoms with Gasteiger partial charge in [-0.3, -0.25) is 0 Å². The zero-order valence-corrected chi connectivity index (χ0v) is 24.3. The van der Waals surface area contributed by atoms with Crippen LogP contribution in [-0.2, 0) is 10.1 Å². The fourth-order valence-corrected chi connectivity index (χ4v) is 5.00. The minimum Gasteiger partial charge on any atom is -0.748 e. The van der Waals surface area contributed by atoms with E-state index < -0.39 is 21.5 Å². The summed E-state index contributed by atoms with van der Waals surface area (Å²) in [5, 5.41) is 8.98. The summed E-state index contributed by atoms with van der Waals surface area (Å²) in [5.74, 6) is 0. The van der Waals surface area contributed by atoms with E-state index in [1.807, 2.05) is 6.92 Å². The quantitative estimate of drug-likeness (QED) is 0.146. The van der Waals surface area contributed by atoms with E-state index in [4.69, 9.17) is 0 Å². The molecule has 0 rings (SSSR count). The molecule has 0 radical (unpaired) electrons. The number of aliphatic hydroxyl groups excluding tert-OH is 1. The molecule has 1 N–H and O–H groups in total. The topological polar surface area (TPSA) is 77.4 Å². The van der Waals surface area contributed by atoms with Gasteiger partial charge in [0.15, 0.2) is 0 Å². The third-order valence-corrected chi connectivity index (χ3v) is 7.29. The maximum absolute atomic E-state index is 11.3. The van der Waals surface area contributed by atoms with E-state index in [2.05, 4.69) is 6.92 Å². The normalized spacial score (nSPS) is 13.7. The Bertz CT molecular complexity index is 442. The molecule has 0 aliphatic carbocycles. The Labute approximate surface area is 230 Å². The predicted molar refractivity (Wildman–Crippen MR) is 123 cm³/mol. The summed E-state index contributed by atoms with van der Waals surface area (Å²) in [5.41, 5.74) is 0. The summed E-state index contributed by atoms with van der Waals surface area (Å²) in [4.78, 5) is 0. The van der Waals surface area contributed by atoms with Crippen LogP contribution in [0.1, 0.15) is 142 Å². The predicted octanol–water partition coefficient (Wildman–Crippen LogP) is 4.11. The Hall–Kier alpha value is 1.51. The van der Waals surface area contributed by atoms with Crippen LogP contribution in [0.2, 0.25) is 0 Å². The molecule has 6 heteroatoms. The number of rotatable bonds is 22. The molecule has 2 unspecified atom stereocenters. The average Bonchev–Trinajstić information content (AvgIpc) is 2.67. The summed E-state index contributed by atoms with van der Waals surface area (Å²) in [6.45, 7) is 4.22. The number of unbranched alkanes of at least 4 members (excludes halogenated alkanes) is 16. The van der Waals surface area contributed by atoms with E-state index >= 15 is 0 Å². The second-order valence-corrected chi connectivity index (χ2v) is 10.4. The van der Waals surface area contributed by atoms with Crippen molar-refractivity contribution < 1.29 is 69.5 Å². The molecule has 0 aliphatic heterocycles. The standard InChI is InChI=1S/C24H50O4S.K/c1-3-5-7-8-9-10-11-12-13-14-15-16-17-18-19-20-21-23(25)24(22-6-4-2)29(26,27)28;/h23-25H,3-22H2,1-2H3,(H,26,27,28);/q;+1/p-1. The molecule has 2 atom stereocenters. The first-order valence-electron chi connectivity index (χ1n) is 12.6. The van der Waals surface area contributed by atoms with Crippen LogP contribution in [0.25, 0.3) is 0 Å². The summed E-state index contributed by atoms with van der Waals surface area (Å²) >= 11 is 0. The second-order valence-electron chi connectivity index (χ2n) is 8.83. The van der Waals surface area contributed by atoms with Gasteiger partial charge < -0.3 is 9.66 Å². The fraction of sp³-hybridized carbons (Fsp3) is 1.00. The van der Waals surface area contributed by atoms with Crippen molar-refractivity contribution >= 4 is 10.1 Å². The van der Waals surface area contributed by atoms with Gasteiger partial charge in [0.2, 0.25) is 0 Å². The van der Waals surface area contributed by atoms with Gasteiger partial charge >= 0.3 is 51.4 Å². The van der Waals surface area contributed by atoms with Crippen LogP contribution in [0.5, 0.6) is 0 Å². The van der Waals surface area contributed by atoms with Crippen molar-refractivity contribution in [2.24, 2.45) is 0 Å². The van der Waals surface area contributed by atoms with E-state index in [0.717, 1.165) is 25.7 Å². The zero-order valence-electron chi connectivity index (χ0n) is 20.4. The van der Waals surface area contributed by atoms with Crippen LogP contribution in [0.15, 0.2) is 0 Å². The molecule has 0 spiro atoms. The molecule has 0 fully saturated rings. The van der Waals surface area contributed by atoms with Gasteiger partial charge in [-0.25, -0.2) is 8.42 Å². The molecule has 0 heterocycles. The van der Waals surface area contributed by atoms with Crippen molar-refractivity contribution in [2.45, 2.75) is 154 Å². The van der Waals surface area contributed by atoms with Gasteiger partial charge in [0, 0.05) is 0 Å². The molecule has 176 valence electrons. The van der Waals surface area contributed by atoms with Crippen molar-refractivity contribution in [3.63, 3.8) is 0 Å². The Morgan fingerprint density at radius 3 is 1.27 bits per heavy atom. The Kier molecular flexibility index (Phi) is 26.6. The smallest absolute Gasteiger partial charge is 0.748 e. The van der Waals surface area contributed by atoms with Crippen molar-refractivity contribution in [2.75, 3.05) is 0 Å². The third kappa shape index (κ3) is 21.4. The SMILES string of the molecule is CCCCCCCCCCCCCCCCCCC(O)C(CCCC)S(=O)(=O)[O-].[K+]. The van der Waals surface area contributed by atoms with E-state index in [1.54, 1.807) is 0 Å². The molecule has 0 aromatic carbocycles. The average molecular weight is 473 g/mol. The van der Waals surface area contributed by atoms with Crippen LogP contribution in [0.4, 0.5) is 0 Å². The van der Waals surface area contributed by atoms with Gasteiger partial charge in [0.1, 0.15) is 10.1 Å². The second kappa shape index (κ2) is 23.7. The van der Waals surface area contributed by atoms with Crippen LogP contribution in [0.3, 0.4) is 0 Å². The Balaban J connectivity index is 0. The molecule has 0 aromatic heterocycles. The zero-order chi connectivity index (χ0) is 21.8. The van der Waals surface area contributed by atoms with Crippen molar-refractivity contribution in [3.8, 4) is 0 Å². The van der Waals surface area contributed by atoms with Gasteiger partial charge in [-0.05, 0) is 12.8 Å². The molecule has 0 bridgehead atoms. The van der Waals surface area contributed by atoms with Gasteiger partial charge in [-0.1, -0.05) is 129 Å². The minimum absolute atomic E-state index is 0. The van der Waals surface area contributed by atoms with Crippen LogP contribution >= 0.6 is 0 Å². The number of aliphatic hydroxyl groups is 1. The summed E-state index contributed by atoms with van der Waals surface area (Å²) < 4.78 is 34.0. The van der Waals surface area contributed by atoms with Gasteiger partial charge in [-0.15, -0.1) is 0 Å². The molecule has 0 saturated heterocycles. The van der Waals surface area contributed by atoms with Gasteiger partial charge in [-0.2, -0.15) is 0 Å². The van der Waals surface area contributed by atoms with Gasteiger partial charge in [0.25, 0.3) is 0 Å². The molecule has 0 saturated carbocycles. The summed E-state index contributed by atoms with van der Waals surface area (Å²) in [6.07, 6.45) is 21.8. The molecule has 0 aromatic rings. The molecule has 0 aliphatic rings. The van der Waals surface area contributed by atoms with Gasteiger partial charge in [0.05, 0.1) is 11.4 Å². The molecule has 4 nitrogen and oxygen atoms in total. The monoisotopic (exact) mass is 472 g/mol. The van der Waals surface area contributed by atoms with Crippen molar-refractivity contribution in [1.29, 1.82) is 0 Å². The minimum atomic E-state index is -4.41. The third-order valence-electron chi connectivity index (χ3n) is 6.00. The fourth-order valence-electron chi connectivity index (χ4n) is 4.02. The van der Waals surface area contributed by atoms with Crippen molar-refractivity contribution in [1.82, 2.24) is 0 Å². The van der Waals surface area contributed by atoms with Crippen molar-refractivity contribution in [3.05, 3.63) is 0 Å². The Morgan fingerprint density at radius 2 is 0.933 bits per heavy atom. The first-order chi connectivity index (χ1) is 13.9. The molecule has 30 heavy (non-hydrogen) atoms. The number of hydrogen-bond acceptors (Lipinski definition) is 4. The van der Waals surface area contributed by atoms with E-state index in [-0.39, 0.29) is 57.8 Å². The first kappa shape index (κ1) is 33.7. The molecular formula is C24H49KO4S.